The molecule has 1 aliphatic heterocycles. The van der Waals surface area contributed by atoms with Crippen molar-refractivity contribution in [3.8, 4) is 17.2 Å². The van der Waals surface area contributed by atoms with Gasteiger partial charge in [-0.3, -0.25) is 4.90 Å². The Morgan fingerprint density at radius 1 is 1.04 bits per heavy atom. The van der Waals surface area contributed by atoms with Crippen molar-refractivity contribution in [1.82, 2.24) is 15.1 Å². The van der Waals surface area contributed by atoms with Crippen LogP contribution in [0.5, 0.6) is 5.75 Å². The molecular weight excluding hydrogens is 376 g/mol. The van der Waals surface area contributed by atoms with Gasteiger partial charge in [-0.05, 0) is 37.3 Å². The highest BCUT2D eigenvalue weighted by Gasteiger charge is 2.26. The quantitative estimate of drug-likeness (QED) is 0.639. The molecule has 4 rings (SSSR count). The number of hydrogen-bond acceptors (Lipinski definition) is 6. The van der Waals surface area contributed by atoms with Gasteiger partial charge in [0.2, 0.25) is 11.8 Å². The van der Waals surface area contributed by atoms with Gasteiger partial charge < -0.3 is 14.1 Å². The first-order valence-corrected chi connectivity index (χ1v) is 9.75. The summed E-state index contributed by atoms with van der Waals surface area (Å²) in [5.41, 5.74) is 1.97. The number of anilines is 1. The van der Waals surface area contributed by atoms with Crippen LogP contribution in [0.1, 0.15) is 18.9 Å². The van der Waals surface area contributed by atoms with E-state index in [1.54, 1.807) is 7.11 Å². The second-order valence-corrected chi connectivity index (χ2v) is 7.26. The lowest BCUT2D eigenvalue weighted by molar-refractivity contribution is 0.173. The van der Waals surface area contributed by atoms with E-state index >= 15 is 0 Å². The van der Waals surface area contributed by atoms with E-state index in [9.17, 15) is 0 Å². The largest absolute Gasteiger partial charge is 0.495 e. The average molecular weight is 399 g/mol. The first-order valence-electron chi connectivity index (χ1n) is 9.37. The number of aromatic nitrogens is 2. The number of hydrogen-bond donors (Lipinski definition) is 0. The lowest BCUT2D eigenvalue weighted by Gasteiger charge is -2.38. The minimum Gasteiger partial charge on any atom is -0.495 e. The Balaban J connectivity index is 1.42. The monoisotopic (exact) mass is 398 g/mol. The molecule has 1 aliphatic rings. The number of ether oxygens (including phenoxy) is 1. The predicted molar refractivity (Wildman–Crippen MR) is 110 cm³/mol. The standard InChI is InChI=1S/C21H23ClN4O2/c1-15(20-23-24-21(28-20)16-6-5-7-17(22)14-16)25-10-12-26(13-11-25)18-8-3-4-9-19(18)27-2/h3-9,14-15H,10-13H2,1-2H3. The second-order valence-electron chi connectivity index (χ2n) is 6.83. The van der Waals surface area contributed by atoms with Crippen LogP contribution in [0.4, 0.5) is 5.69 Å². The molecule has 1 atom stereocenters. The van der Waals surface area contributed by atoms with Crippen molar-refractivity contribution in [2.45, 2.75) is 13.0 Å². The third-order valence-corrected chi connectivity index (χ3v) is 5.39. The van der Waals surface area contributed by atoms with Crippen LogP contribution in [0, 0.1) is 0 Å². The Morgan fingerprint density at radius 3 is 2.57 bits per heavy atom. The Hall–Kier alpha value is -2.57. The fraction of sp³-hybridized carbons (Fsp3) is 0.333. The van der Waals surface area contributed by atoms with E-state index in [0.717, 1.165) is 43.2 Å². The number of benzene rings is 2. The van der Waals surface area contributed by atoms with Crippen molar-refractivity contribution in [3.63, 3.8) is 0 Å². The molecule has 1 saturated heterocycles. The molecule has 28 heavy (non-hydrogen) atoms. The van der Waals surface area contributed by atoms with Crippen LogP contribution in [-0.2, 0) is 0 Å². The minimum atomic E-state index is 0.0558. The van der Waals surface area contributed by atoms with Crippen LogP contribution in [0.25, 0.3) is 11.5 Å². The van der Waals surface area contributed by atoms with Gasteiger partial charge in [-0.1, -0.05) is 29.8 Å². The minimum absolute atomic E-state index is 0.0558. The van der Waals surface area contributed by atoms with Crippen molar-refractivity contribution >= 4 is 17.3 Å². The smallest absolute Gasteiger partial charge is 0.247 e. The highest BCUT2D eigenvalue weighted by atomic mass is 35.5. The highest BCUT2D eigenvalue weighted by molar-refractivity contribution is 6.30. The Labute approximate surface area is 169 Å². The van der Waals surface area contributed by atoms with Crippen LogP contribution >= 0.6 is 11.6 Å². The molecule has 0 bridgehead atoms. The fourth-order valence-corrected chi connectivity index (χ4v) is 3.73. The summed E-state index contributed by atoms with van der Waals surface area (Å²) in [5.74, 6) is 2.03. The molecule has 0 spiro atoms. The number of halogens is 1. The lowest BCUT2D eigenvalue weighted by atomic mass is 10.2. The van der Waals surface area contributed by atoms with E-state index in [2.05, 4.69) is 33.0 Å². The van der Waals surface area contributed by atoms with Crippen LogP contribution in [0.2, 0.25) is 5.02 Å². The van der Waals surface area contributed by atoms with Crippen molar-refractivity contribution in [2.75, 3.05) is 38.2 Å². The van der Waals surface area contributed by atoms with Crippen molar-refractivity contribution in [2.24, 2.45) is 0 Å². The molecule has 0 aliphatic carbocycles. The summed E-state index contributed by atoms with van der Waals surface area (Å²) in [6.45, 7) is 5.76. The van der Waals surface area contributed by atoms with Gasteiger partial charge in [0.1, 0.15) is 5.75 Å². The summed E-state index contributed by atoms with van der Waals surface area (Å²) in [4.78, 5) is 4.72. The second kappa shape index (κ2) is 8.20. The molecule has 1 fully saturated rings. The summed E-state index contributed by atoms with van der Waals surface area (Å²) in [5, 5.41) is 9.12. The molecule has 2 aromatic carbocycles. The number of nitrogens with zero attached hydrogens (tertiary/aromatic N) is 4. The Kier molecular flexibility index (Phi) is 5.50. The number of piperazine rings is 1. The maximum absolute atomic E-state index is 6.06. The summed E-state index contributed by atoms with van der Waals surface area (Å²) in [6.07, 6.45) is 0. The molecule has 2 heterocycles. The molecule has 1 unspecified atom stereocenters. The Bertz CT molecular complexity index is 937. The maximum Gasteiger partial charge on any atom is 0.247 e. The molecule has 3 aromatic rings. The summed E-state index contributed by atoms with van der Waals surface area (Å²) < 4.78 is 11.4. The molecule has 146 valence electrons. The van der Waals surface area contributed by atoms with Gasteiger partial charge in [0.15, 0.2) is 0 Å². The normalized spacial score (nSPS) is 16.2. The number of para-hydroxylation sites is 2. The first-order chi connectivity index (χ1) is 13.7. The van der Waals surface area contributed by atoms with Gasteiger partial charge in [0, 0.05) is 36.8 Å². The summed E-state index contributed by atoms with van der Waals surface area (Å²) >= 11 is 6.06. The molecule has 0 saturated carbocycles. The molecule has 0 radical (unpaired) electrons. The predicted octanol–water partition coefficient (Wildman–Crippen LogP) is 4.28. The highest BCUT2D eigenvalue weighted by Crippen LogP contribution is 2.30. The van der Waals surface area contributed by atoms with E-state index < -0.39 is 0 Å². The van der Waals surface area contributed by atoms with Crippen LogP contribution in [-0.4, -0.2) is 48.4 Å². The molecule has 6 nitrogen and oxygen atoms in total. The van der Waals surface area contributed by atoms with Crippen molar-refractivity contribution in [3.05, 3.63) is 59.4 Å². The van der Waals surface area contributed by atoms with Crippen molar-refractivity contribution < 1.29 is 9.15 Å². The van der Waals surface area contributed by atoms with Crippen molar-refractivity contribution in [1.29, 1.82) is 0 Å². The van der Waals surface area contributed by atoms with E-state index in [0.29, 0.717) is 16.8 Å². The van der Waals surface area contributed by atoms with Crippen LogP contribution < -0.4 is 9.64 Å². The molecule has 1 aromatic heterocycles. The number of methoxy groups -OCH3 is 1. The molecule has 0 amide bonds. The third-order valence-electron chi connectivity index (χ3n) is 5.16. The van der Waals surface area contributed by atoms with E-state index in [1.807, 2.05) is 42.5 Å². The van der Waals surface area contributed by atoms with Gasteiger partial charge in [-0.15, -0.1) is 10.2 Å². The van der Waals surface area contributed by atoms with E-state index in [4.69, 9.17) is 20.8 Å². The third kappa shape index (κ3) is 3.84. The van der Waals surface area contributed by atoms with Crippen LogP contribution in [0.15, 0.2) is 52.9 Å². The first kappa shape index (κ1) is 18.8. The Morgan fingerprint density at radius 2 is 1.82 bits per heavy atom. The maximum atomic E-state index is 6.06. The fourth-order valence-electron chi connectivity index (χ4n) is 3.54. The molecule has 7 heteroatoms. The van der Waals surface area contributed by atoms with E-state index in [1.165, 1.54) is 0 Å². The molecular formula is C21H23ClN4O2. The van der Waals surface area contributed by atoms with E-state index in [-0.39, 0.29) is 6.04 Å². The zero-order valence-corrected chi connectivity index (χ0v) is 16.8. The SMILES string of the molecule is COc1ccccc1N1CCN(C(C)c2nnc(-c3cccc(Cl)c3)o2)CC1. The van der Waals surface area contributed by atoms with Gasteiger partial charge in [0.25, 0.3) is 0 Å². The zero-order chi connectivity index (χ0) is 19.5. The average Bonchev–Trinajstić information content (AvgIpc) is 3.24. The van der Waals surface area contributed by atoms with Gasteiger partial charge in [-0.2, -0.15) is 0 Å². The molecule has 0 N–H and O–H groups in total. The lowest BCUT2D eigenvalue weighted by Crippen LogP contribution is -2.47. The van der Waals surface area contributed by atoms with Crippen LogP contribution in [0.3, 0.4) is 0 Å². The van der Waals surface area contributed by atoms with Gasteiger partial charge >= 0.3 is 0 Å². The van der Waals surface area contributed by atoms with Gasteiger partial charge in [0.05, 0.1) is 18.8 Å². The van der Waals surface area contributed by atoms with Gasteiger partial charge in [-0.25, -0.2) is 0 Å². The summed E-state index contributed by atoms with van der Waals surface area (Å²) in [7, 11) is 1.71. The number of rotatable bonds is 5. The topological polar surface area (TPSA) is 54.6 Å². The summed E-state index contributed by atoms with van der Waals surface area (Å²) in [6, 6.07) is 15.6. The zero-order valence-electron chi connectivity index (χ0n) is 16.0.